The van der Waals surface area contributed by atoms with Gasteiger partial charge >= 0.3 is 6.03 Å². The standard InChI is InChI=1S/C15H17N3OS2/c1-11-10-20-15(16-11)21-13-6-4-12(5-7-13)17-14(19)18-8-2-3-9-18/h4-7,10H,2-3,8-9H2,1H3,(H,17,19). The van der Waals surface area contributed by atoms with E-state index in [1.807, 2.05) is 41.5 Å². The summed E-state index contributed by atoms with van der Waals surface area (Å²) >= 11 is 3.30. The lowest BCUT2D eigenvalue weighted by atomic mass is 10.3. The van der Waals surface area contributed by atoms with Gasteiger partial charge in [-0.05, 0) is 44.0 Å². The Hall–Kier alpha value is -1.53. The number of aryl methyl sites for hydroxylation is 1. The average Bonchev–Trinajstić information content (AvgIpc) is 3.13. The molecule has 1 aromatic carbocycles. The number of hydrogen-bond acceptors (Lipinski definition) is 4. The van der Waals surface area contributed by atoms with Gasteiger partial charge in [0, 0.05) is 34.7 Å². The summed E-state index contributed by atoms with van der Waals surface area (Å²) in [5, 5.41) is 4.99. The zero-order chi connectivity index (χ0) is 14.7. The van der Waals surface area contributed by atoms with E-state index >= 15 is 0 Å². The molecule has 0 atom stereocenters. The van der Waals surface area contributed by atoms with Crippen molar-refractivity contribution in [2.45, 2.75) is 29.0 Å². The number of aromatic nitrogens is 1. The van der Waals surface area contributed by atoms with Gasteiger partial charge in [-0.15, -0.1) is 11.3 Å². The molecule has 1 fully saturated rings. The van der Waals surface area contributed by atoms with Crippen LogP contribution in [0.5, 0.6) is 0 Å². The monoisotopic (exact) mass is 319 g/mol. The first-order chi connectivity index (χ1) is 10.2. The van der Waals surface area contributed by atoms with Crippen molar-refractivity contribution in [2.75, 3.05) is 18.4 Å². The summed E-state index contributed by atoms with van der Waals surface area (Å²) in [6, 6.07) is 7.92. The minimum Gasteiger partial charge on any atom is -0.325 e. The van der Waals surface area contributed by atoms with E-state index in [4.69, 9.17) is 0 Å². The second kappa shape index (κ2) is 6.49. The number of urea groups is 1. The van der Waals surface area contributed by atoms with E-state index in [1.165, 1.54) is 0 Å². The summed E-state index contributed by atoms with van der Waals surface area (Å²) in [7, 11) is 0. The second-order valence-electron chi connectivity index (χ2n) is 5.01. The lowest BCUT2D eigenvalue weighted by Gasteiger charge is -2.16. The van der Waals surface area contributed by atoms with Gasteiger partial charge in [-0.2, -0.15) is 0 Å². The molecule has 0 bridgehead atoms. The van der Waals surface area contributed by atoms with E-state index in [-0.39, 0.29) is 6.03 Å². The highest BCUT2D eigenvalue weighted by atomic mass is 32.2. The Balaban J connectivity index is 1.59. The van der Waals surface area contributed by atoms with E-state index in [0.29, 0.717) is 0 Å². The Morgan fingerprint density at radius 3 is 2.62 bits per heavy atom. The molecule has 1 aliphatic heterocycles. The minimum atomic E-state index is 0.00320. The van der Waals surface area contributed by atoms with Gasteiger partial charge in [0.05, 0.1) is 0 Å². The molecule has 2 heterocycles. The fraction of sp³-hybridized carbons (Fsp3) is 0.333. The number of rotatable bonds is 3. The molecule has 1 aromatic heterocycles. The smallest absolute Gasteiger partial charge is 0.321 e. The van der Waals surface area contributed by atoms with Crippen LogP contribution in [-0.4, -0.2) is 29.0 Å². The second-order valence-corrected chi connectivity index (χ2v) is 7.18. The van der Waals surface area contributed by atoms with Crippen LogP contribution >= 0.6 is 23.1 Å². The largest absolute Gasteiger partial charge is 0.325 e. The summed E-state index contributed by atoms with van der Waals surface area (Å²) < 4.78 is 1.04. The van der Waals surface area contributed by atoms with Gasteiger partial charge in [0.25, 0.3) is 0 Å². The summed E-state index contributed by atoms with van der Waals surface area (Å²) in [4.78, 5) is 19.4. The Morgan fingerprint density at radius 2 is 2.00 bits per heavy atom. The molecule has 0 spiro atoms. The Kier molecular flexibility index (Phi) is 4.45. The van der Waals surface area contributed by atoms with Gasteiger partial charge in [0.2, 0.25) is 0 Å². The third-order valence-electron chi connectivity index (χ3n) is 3.30. The van der Waals surface area contributed by atoms with Crippen molar-refractivity contribution >= 4 is 34.8 Å². The highest BCUT2D eigenvalue weighted by Gasteiger charge is 2.17. The van der Waals surface area contributed by atoms with E-state index in [0.717, 1.165) is 46.5 Å². The fourth-order valence-electron chi connectivity index (χ4n) is 2.21. The zero-order valence-corrected chi connectivity index (χ0v) is 13.5. The van der Waals surface area contributed by atoms with E-state index < -0.39 is 0 Å². The molecule has 4 nitrogen and oxygen atoms in total. The lowest BCUT2D eigenvalue weighted by Crippen LogP contribution is -2.32. The maximum Gasteiger partial charge on any atom is 0.321 e. The van der Waals surface area contributed by atoms with Crippen LogP contribution in [0.2, 0.25) is 0 Å². The molecule has 2 amide bonds. The molecule has 21 heavy (non-hydrogen) atoms. The molecule has 1 N–H and O–H groups in total. The quantitative estimate of drug-likeness (QED) is 0.921. The number of thiazole rings is 1. The van der Waals surface area contributed by atoms with Crippen LogP contribution in [0.3, 0.4) is 0 Å². The first-order valence-electron chi connectivity index (χ1n) is 6.97. The predicted molar refractivity (Wildman–Crippen MR) is 87.2 cm³/mol. The number of carbonyl (C=O) groups excluding carboxylic acids is 1. The van der Waals surface area contributed by atoms with Crippen molar-refractivity contribution in [3.8, 4) is 0 Å². The third kappa shape index (κ3) is 3.77. The molecule has 1 saturated heterocycles. The molecule has 110 valence electrons. The topological polar surface area (TPSA) is 45.2 Å². The van der Waals surface area contributed by atoms with Crippen LogP contribution in [0.25, 0.3) is 0 Å². The normalized spacial score (nSPS) is 14.4. The average molecular weight is 319 g/mol. The Morgan fingerprint density at radius 1 is 1.29 bits per heavy atom. The van der Waals surface area contributed by atoms with E-state index in [2.05, 4.69) is 10.3 Å². The molecule has 2 aromatic rings. The van der Waals surface area contributed by atoms with Crippen LogP contribution in [0.15, 0.2) is 38.9 Å². The number of nitrogens with one attached hydrogen (secondary N) is 1. The summed E-state index contributed by atoms with van der Waals surface area (Å²) in [6.07, 6.45) is 2.21. The van der Waals surface area contributed by atoms with E-state index in [9.17, 15) is 4.79 Å². The van der Waals surface area contributed by atoms with Crippen molar-refractivity contribution in [1.82, 2.24) is 9.88 Å². The van der Waals surface area contributed by atoms with Crippen LogP contribution in [0.4, 0.5) is 10.5 Å². The SMILES string of the molecule is Cc1csc(Sc2ccc(NC(=O)N3CCCC3)cc2)n1. The molecule has 0 unspecified atom stereocenters. The maximum absolute atomic E-state index is 12.0. The van der Waals surface area contributed by atoms with Crippen molar-refractivity contribution < 1.29 is 4.79 Å². The van der Waals surface area contributed by atoms with Gasteiger partial charge in [0.1, 0.15) is 0 Å². The molecule has 1 aliphatic rings. The van der Waals surface area contributed by atoms with Crippen LogP contribution < -0.4 is 5.32 Å². The molecular formula is C15H17N3OS2. The van der Waals surface area contributed by atoms with Gasteiger partial charge < -0.3 is 10.2 Å². The Labute approximate surface area is 132 Å². The van der Waals surface area contributed by atoms with Crippen molar-refractivity contribution in [1.29, 1.82) is 0 Å². The van der Waals surface area contributed by atoms with Gasteiger partial charge in [-0.3, -0.25) is 0 Å². The van der Waals surface area contributed by atoms with Gasteiger partial charge in [0.15, 0.2) is 4.34 Å². The fourth-order valence-corrected chi connectivity index (χ4v) is 4.02. The molecular weight excluding hydrogens is 302 g/mol. The summed E-state index contributed by atoms with van der Waals surface area (Å²) in [5.74, 6) is 0. The number of nitrogens with zero attached hydrogens (tertiary/aromatic N) is 2. The zero-order valence-electron chi connectivity index (χ0n) is 11.8. The highest BCUT2D eigenvalue weighted by molar-refractivity contribution is 8.01. The molecule has 0 radical (unpaired) electrons. The van der Waals surface area contributed by atoms with Crippen LogP contribution in [0.1, 0.15) is 18.5 Å². The van der Waals surface area contributed by atoms with Gasteiger partial charge in [-0.1, -0.05) is 11.8 Å². The van der Waals surface area contributed by atoms with Crippen molar-refractivity contribution in [3.05, 3.63) is 35.3 Å². The lowest BCUT2D eigenvalue weighted by molar-refractivity contribution is 0.222. The van der Waals surface area contributed by atoms with Crippen LogP contribution in [-0.2, 0) is 0 Å². The molecule has 0 saturated carbocycles. The number of anilines is 1. The summed E-state index contributed by atoms with van der Waals surface area (Å²) in [5.41, 5.74) is 1.89. The molecule has 3 rings (SSSR count). The van der Waals surface area contributed by atoms with E-state index in [1.54, 1.807) is 23.1 Å². The van der Waals surface area contributed by atoms with Crippen LogP contribution in [0, 0.1) is 6.92 Å². The van der Waals surface area contributed by atoms with Crippen molar-refractivity contribution in [3.63, 3.8) is 0 Å². The maximum atomic E-state index is 12.0. The first kappa shape index (κ1) is 14.4. The number of carbonyl (C=O) groups is 1. The van der Waals surface area contributed by atoms with Gasteiger partial charge in [-0.25, -0.2) is 9.78 Å². The number of likely N-dealkylation sites (tertiary alicyclic amines) is 1. The molecule has 6 heteroatoms. The first-order valence-corrected chi connectivity index (χ1v) is 8.66. The molecule has 0 aliphatic carbocycles. The number of amides is 2. The number of hydrogen-bond donors (Lipinski definition) is 1. The van der Waals surface area contributed by atoms with Crippen molar-refractivity contribution in [2.24, 2.45) is 0 Å². The highest BCUT2D eigenvalue weighted by Crippen LogP contribution is 2.30. The minimum absolute atomic E-state index is 0.00320. The predicted octanol–water partition coefficient (Wildman–Crippen LogP) is 4.23. The third-order valence-corrected chi connectivity index (χ3v) is 5.37. The Bertz CT molecular complexity index is 618. The summed E-state index contributed by atoms with van der Waals surface area (Å²) in [6.45, 7) is 3.73. The number of benzene rings is 1.